The van der Waals surface area contributed by atoms with Crippen molar-refractivity contribution in [3.63, 3.8) is 0 Å². The molecule has 1 aliphatic rings. The van der Waals surface area contributed by atoms with E-state index in [1.54, 1.807) is 0 Å². The molecule has 1 saturated heterocycles. The topological polar surface area (TPSA) is 21.3 Å². The van der Waals surface area contributed by atoms with Crippen molar-refractivity contribution in [3.8, 4) is 0 Å². The van der Waals surface area contributed by atoms with E-state index in [1.807, 2.05) is 18.8 Å². The monoisotopic (exact) mass is 217 g/mol. The Labute approximate surface area is 92.2 Å². The second kappa shape index (κ2) is 6.70. The molecule has 14 heavy (non-hydrogen) atoms. The zero-order chi connectivity index (χ0) is 10.4. The van der Waals surface area contributed by atoms with E-state index in [-0.39, 0.29) is 0 Å². The molecule has 1 aliphatic heterocycles. The van der Waals surface area contributed by atoms with Crippen LogP contribution < -0.4 is 5.32 Å². The maximum Gasteiger partial charge on any atom is 0.0818 e. The summed E-state index contributed by atoms with van der Waals surface area (Å²) < 4.78 is 5.78. The Morgan fingerprint density at radius 2 is 2.21 bits per heavy atom. The highest BCUT2D eigenvalue weighted by molar-refractivity contribution is 7.99. The summed E-state index contributed by atoms with van der Waals surface area (Å²) in [4.78, 5) is 0. The van der Waals surface area contributed by atoms with Crippen molar-refractivity contribution in [3.05, 3.63) is 0 Å². The van der Waals surface area contributed by atoms with E-state index in [4.69, 9.17) is 4.74 Å². The van der Waals surface area contributed by atoms with Crippen molar-refractivity contribution < 1.29 is 4.74 Å². The molecule has 0 spiro atoms. The van der Waals surface area contributed by atoms with Gasteiger partial charge in [0.15, 0.2) is 0 Å². The van der Waals surface area contributed by atoms with Crippen molar-refractivity contribution in [1.82, 2.24) is 5.32 Å². The third-order valence-electron chi connectivity index (χ3n) is 2.72. The Balaban J connectivity index is 2.28. The minimum atomic E-state index is 0.428. The van der Waals surface area contributed by atoms with Crippen molar-refractivity contribution in [1.29, 1.82) is 0 Å². The average Bonchev–Trinajstić information content (AvgIpc) is 2.20. The molecule has 84 valence electrons. The maximum absolute atomic E-state index is 5.78. The molecule has 2 unspecified atom stereocenters. The van der Waals surface area contributed by atoms with Gasteiger partial charge < -0.3 is 10.1 Å². The van der Waals surface area contributed by atoms with Gasteiger partial charge >= 0.3 is 0 Å². The lowest BCUT2D eigenvalue weighted by Crippen LogP contribution is -2.43. The highest BCUT2D eigenvalue weighted by Crippen LogP contribution is 2.19. The summed E-state index contributed by atoms with van der Waals surface area (Å²) in [6, 6.07) is 0.546. The largest absolute Gasteiger partial charge is 0.375 e. The molecule has 0 bridgehead atoms. The van der Waals surface area contributed by atoms with Crippen molar-refractivity contribution >= 4 is 11.8 Å². The first-order valence-electron chi connectivity index (χ1n) is 5.60. The SMILES string of the molecule is CNC(CCC(C)C)C1CSCCO1. The van der Waals surface area contributed by atoms with Crippen LogP contribution in [0.15, 0.2) is 0 Å². The van der Waals surface area contributed by atoms with E-state index in [0.717, 1.165) is 24.0 Å². The van der Waals surface area contributed by atoms with Crippen LogP contribution in [0.5, 0.6) is 0 Å². The molecule has 1 heterocycles. The first-order valence-corrected chi connectivity index (χ1v) is 6.76. The third kappa shape index (κ3) is 4.20. The van der Waals surface area contributed by atoms with Crippen molar-refractivity contribution in [2.24, 2.45) is 5.92 Å². The number of hydrogen-bond donors (Lipinski definition) is 1. The van der Waals surface area contributed by atoms with Gasteiger partial charge in [-0.05, 0) is 25.8 Å². The lowest BCUT2D eigenvalue weighted by molar-refractivity contribution is 0.0455. The molecule has 2 atom stereocenters. The minimum Gasteiger partial charge on any atom is -0.375 e. The fourth-order valence-corrected chi connectivity index (χ4v) is 2.71. The highest BCUT2D eigenvalue weighted by atomic mass is 32.2. The van der Waals surface area contributed by atoms with Gasteiger partial charge in [-0.3, -0.25) is 0 Å². The Morgan fingerprint density at radius 3 is 2.71 bits per heavy atom. The van der Waals surface area contributed by atoms with Gasteiger partial charge in [0.05, 0.1) is 12.7 Å². The summed E-state index contributed by atoms with van der Waals surface area (Å²) in [5.74, 6) is 3.11. The van der Waals surface area contributed by atoms with Crippen LogP contribution >= 0.6 is 11.8 Å². The van der Waals surface area contributed by atoms with Crippen LogP contribution in [-0.2, 0) is 4.74 Å². The fraction of sp³-hybridized carbons (Fsp3) is 1.00. The van der Waals surface area contributed by atoms with Gasteiger partial charge in [0.2, 0.25) is 0 Å². The zero-order valence-corrected chi connectivity index (χ0v) is 10.4. The van der Waals surface area contributed by atoms with E-state index < -0.39 is 0 Å². The van der Waals surface area contributed by atoms with Crippen LogP contribution in [0.3, 0.4) is 0 Å². The van der Waals surface area contributed by atoms with E-state index in [0.29, 0.717) is 12.1 Å². The molecule has 0 aromatic heterocycles. The second-order valence-electron chi connectivity index (χ2n) is 4.35. The van der Waals surface area contributed by atoms with Crippen LogP contribution in [0.2, 0.25) is 0 Å². The zero-order valence-electron chi connectivity index (χ0n) is 9.58. The van der Waals surface area contributed by atoms with Gasteiger partial charge in [0.25, 0.3) is 0 Å². The summed E-state index contributed by atoms with van der Waals surface area (Å²) in [5.41, 5.74) is 0. The maximum atomic E-state index is 5.78. The normalized spacial score (nSPS) is 25.3. The smallest absolute Gasteiger partial charge is 0.0818 e. The number of hydrogen-bond acceptors (Lipinski definition) is 3. The van der Waals surface area contributed by atoms with Gasteiger partial charge in [-0.25, -0.2) is 0 Å². The first-order chi connectivity index (χ1) is 6.74. The second-order valence-corrected chi connectivity index (χ2v) is 5.50. The molecule has 0 aromatic carbocycles. The molecule has 0 saturated carbocycles. The molecule has 2 nitrogen and oxygen atoms in total. The summed E-state index contributed by atoms with van der Waals surface area (Å²) in [5, 5.41) is 3.39. The van der Waals surface area contributed by atoms with Gasteiger partial charge in [-0.2, -0.15) is 11.8 Å². The average molecular weight is 217 g/mol. The molecule has 1 N–H and O–H groups in total. The molecular weight excluding hydrogens is 194 g/mol. The Hall–Kier alpha value is 0.270. The minimum absolute atomic E-state index is 0.428. The Morgan fingerprint density at radius 1 is 1.43 bits per heavy atom. The first kappa shape index (κ1) is 12.3. The Bertz CT molecular complexity index is 146. The van der Waals surface area contributed by atoms with E-state index >= 15 is 0 Å². The van der Waals surface area contributed by atoms with E-state index in [9.17, 15) is 0 Å². The molecule has 1 fully saturated rings. The van der Waals surface area contributed by atoms with Gasteiger partial charge in [-0.15, -0.1) is 0 Å². The number of thioether (sulfide) groups is 1. The molecule has 0 radical (unpaired) electrons. The predicted octanol–water partition coefficient (Wildman–Crippen LogP) is 2.14. The molecule has 3 heteroatoms. The Kier molecular flexibility index (Phi) is 5.90. The molecular formula is C11H23NOS. The van der Waals surface area contributed by atoms with E-state index in [1.165, 1.54) is 12.8 Å². The summed E-state index contributed by atoms with van der Waals surface area (Å²) in [7, 11) is 2.05. The number of rotatable bonds is 5. The quantitative estimate of drug-likeness (QED) is 0.762. The molecule has 0 amide bonds. The van der Waals surface area contributed by atoms with Gasteiger partial charge in [0, 0.05) is 17.5 Å². The number of likely N-dealkylation sites (N-methyl/N-ethyl adjacent to an activating group) is 1. The lowest BCUT2D eigenvalue weighted by atomic mass is 10.0. The predicted molar refractivity (Wildman–Crippen MR) is 64.0 cm³/mol. The van der Waals surface area contributed by atoms with Gasteiger partial charge in [0.1, 0.15) is 0 Å². The standard InChI is InChI=1S/C11H23NOS/c1-9(2)4-5-10(12-3)11-8-14-7-6-13-11/h9-12H,4-8H2,1-3H3. The molecule has 0 aromatic rings. The summed E-state index contributed by atoms with van der Waals surface area (Å²) >= 11 is 2.02. The van der Waals surface area contributed by atoms with Crippen LogP contribution in [0, 0.1) is 5.92 Å². The molecule has 1 rings (SSSR count). The van der Waals surface area contributed by atoms with Crippen molar-refractivity contribution in [2.75, 3.05) is 25.2 Å². The van der Waals surface area contributed by atoms with Crippen LogP contribution in [0.1, 0.15) is 26.7 Å². The van der Waals surface area contributed by atoms with Crippen LogP contribution in [0.4, 0.5) is 0 Å². The number of ether oxygens (including phenoxy) is 1. The summed E-state index contributed by atoms with van der Waals surface area (Å²) in [6.07, 6.45) is 2.95. The fourth-order valence-electron chi connectivity index (χ4n) is 1.77. The van der Waals surface area contributed by atoms with Crippen LogP contribution in [-0.4, -0.2) is 37.3 Å². The lowest BCUT2D eigenvalue weighted by Gasteiger charge is -2.30. The molecule has 0 aliphatic carbocycles. The van der Waals surface area contributed by atoms with Crippen molar-refractivity contribution in [2.45, 2.75) is 38.8 Å². The van der Waals surface area contributed by atoms with Gasteiger partial charge in [-0.1, -0.05) is 13.8 Å². The summed E-state index contributed by atoms with van der Waals surface area (Å²) in [6.45, 7) is 5.49. The van der Waals surface area contributed by atoms with E-state index in [2.05, 4.69) is 19.2 Å². The van der Waals surface area contributed by atoms with Crippen LogP contribution in [0.25, 0.3) is 0 Å². The third-order valence-corrected chi connectivity index (χ3v) is 3.74. The number of nitrogens with one attached hydrogen (secondary N) is 1. The highest BCUT2D eigenvalue weighted by Gasteiger charge is 2.23.